The minimum Gasteiger partial charge on any atom is -0.379 e. The van der Waals surface area contributed by atoms with E-state index in [4.69, 9.17) is 4.74 Å². The van der Waals surface area contributed by atoms with Gasteiger partial charge in [0.05, 0.1) is 19.1 Å². The topological polar surface area (TPSA) is 53.6 Å². The lowest BCUT2D eigenvalue weighted by Crippen LogP contribution is -2.50. The third-order valence-electron chi connectivity index (χ3n) is 4.67. The van der Waals surface area contributed by atoms with Crippen molar-refractivity contribution in [2.24, 2.45) is 17.8 Å². The number of hydrogen-bond acceptors (Lipinski definition) is 4. The van der Waals surface area contributed by atoms with Gasteiger partial charge in [0.25, 0.3) is 0 Å². The van der Waals surface area contributed by atoms with E-state index in [0.29, 0.717) is 17.9 Å². The molecule has 2 fully saturated rings. The summed E-state index contributed by atoms with van der Waals surface area (Å²) in [5.41, 5.74) is 0. The number of nitrogens with one attached hydrogen (secondary N) is 2. The Labute approximate surface area is 128 Å². The number of ether oxygens (including phenoxy) is 1. The summed E-state index contributed by atoms with van der Waals surface area (Å²) < 4.78 is 5.44. The number of carbonyl (C=O) groups is 1. The van der Waals surface area contributed by atoms with Crippen molar-refractivity contribution >= 4 is 5.91 Å². The third-order valence-corrected chi connectivity index (χ3v) is 4.67. The number of nitrogens with zero attached hydrogens (tertiary/aromatic N) is 1. The van der Waals surface area contributed by atoms with Crippen LogP contribution in [0, 0.1) is 17.8 Å². The first kappa shape index (κ1) is 16.7. The minimum atomic E-state index is 0.134. The van der Waals surface area contributed by atoms with Crippen molar-refractivity contribution in [3.05, 3.63) is 0 Å². The molecule has 0 bridgehead atoms. The van der Waals surface area contributed by atoms with Crippen molar-refractivity contribution in [2.45, 2.75) is 33.2 Å². The van der Waals surface area contributed by atoms with Gasteiger partial charge >= 0.3 is 0 Å². The van der Waals surface area contributed by atoms with Gasteiger partial charge in [0, 0.05) is 32.2 Å². The molecule has 2 saturated heterocycles. The second-order valence-corrected chi connectivity index (χ2v) is 6.92. The monoisotopic (exact) mass is 297 g/mol. The lowest BCUT2D eigenvalue weighted by molar-refractivity contribution is -0.125. The zero-order valence-electron chi connectivity index (χ0n) is 13.7. The number of amides is 1. The van der Waals surface area contributed by atoms with Crippen LogP contribution in [-0.4, -0.2) is 62.8 Å². The zero-order chi connectivity index (χ0) is 15.2. The van der Waals surface area contributed by atoms with Gasteiger partial charge in [0.2, 0.25) is 5.91 Å². The van der Waals surface area contributed by atoms with Gasteiger partial charge in [-0.2, -0.15) is 0 Å². The lowest BCUT2D eigenvalue weighted by atomic mass is 9.96. The Morgan fingerprint density at radius 1 is 1.33 bits per heavy atom. The highest BCUT2D eigenvalue weighted by Crippen LogP contribution is 2.17. The van der Waals surface area contributed by atoms with Crippen LogP contribution in [0.25, 0.3) is 0 Å². The van der Waals surface area contributed by atoms with E-state index < -0.39 is 0 Å². The van der Waals surface area contributed by atoms with Crippen LogP contribution in [-0.2, 0) is 9.53 Å². The van der Waals surface area contributed by atoms with E-state index in [-0.39, 0.29) is 11.8 Å². The molecular formula is C16H31N3O2. The van der Waals surface area contributed by atoms with Gasteiger partial charge in [-0.3, -0.25) is 9.69 Å². The first-order valence-electron chi connectivity index (χ1n) is 8.38. The van der Waals surface area contributed by atoms with E-state index in [1.165, 1.54) is 0 Å². The molecule has 2 aliphatic heterocycles. The number of morpholine rings is 1. The Kier molecular flexibility index (Phi) is 6.45. The molecule has 0 spiro atoms. The van der Waals surface area contributed by atoms with Crippen molar-refractivity contribution in [1.29, 1.82) is 0 Å². The molecule has 2 rings (SSSR count). The molecule has 0 radical (unpaired) electrons. The molecule has 0 aromatic carbocycles. The fourth-order valence-electron chi connectivity index (χ4n) is 3.36. The molecule has 2 aliphatic rings. The molecule has 0 aromatic heterocycles. The second kappa shape index (κ2) is 8.11. The van der Waals surface area contributed by atoms with E-state index in [9.17, 15) is 4.79 Å². The highest BCUT2D eigenvalue weighted by atomic mass is 16.5. The van der Waals surface area contributed by atoms with Gasteiger partial charge in [-0.05, 0) is 24.8 Å². The highest BCUT2D eigenvalue weighted by Gasteiger charge is 2.30. The maximum atomic E-state index is 12.3. The zero-order valence-corrected chi connectivity index (χ0v) is 13.7. The number of rotatable bonds is 6. The van der Waals surface area contributed by atoms with Gasteiger partial charge in [-0.25, -0.2) is 0 Å². The summed E-state index contributed by atoms with van der Waals surface area (Å²) >= 11 is 0. The van der Waals surface area contributed by atoms with Crippen LogP contribution < -0.4 is 10.6 Å². The third kappa shape index (κ3) is 4.94. The first-order valence-corrected chi connectivity index (χ1v) is 8.38. The van der Waals surface area contributed by atoms with E-state index in [0.717, 1.165) is 52.4 Å². The van der Waals surface area contributed by atoms with Crippen molar-refractivity contribution in [3.8, 4) is 0 Å². The smallest absolute Gasteiger partial charge is 0.224 e. The van der Waals surface area contributed by atoms with Crippen molar-refractivity contribution in [2.75, 3.05) is 45.9 Å². The molecule has 2 heterocycles. The van der Waals surface area contributed by atoms with Crippen LogP contribution in [0.15, 0.2) is 0 Å². The first-order chi connectivity index (χ1) is 10.1. The Bertz CT molecular complexity index is 329. The number of carbonyl (C=O) groups excluding carboxylic acids is 1. The van der Waals surface area contributed by atoms with Crippen LogP contribution in [0.4, 0.5) is 0 Å². The molecule has 2 N–H and O–H groups in total. The Morgan fingerprint density at radius 2 is 2.05 bits per heavy atom. The van der Waals surface area contributed by atoms with Gasteiger partial charge in [0.1, 0.15) is 0 Å². The maximum Gasteiger partial charge on any atom is 0.224 e. The van der Waals surface area contributed by atoms with Crippen LogP contribution in [0.5, 0.6) is 0 Å². The molecular weight excluding hydrogens is 266 g/mol. The molecule has 1 amide bonds. The largest absolute Gasteiger partial charge is 0.379 e. The second-order valence-electron chi connectivity index (χ2n) is 6.92. The average Bonchev–Trinajstić information content (AvgIpc) is 2.90. The van der Waals surface area contributed by atoms with Crippen LogP contribution >= 0.6 is 0 Å². The van der Waals surface area contributed by atoms with Crippen LogP contribution in [0.2, 0.25) is 0 Å². The van der Waals surface area contributed by atoms with E-state index in [1.807, 2.05) is 0 Å². The van der Waals surface area contributed by atoms with Gasteiger partial charge < -0.3 is 15.4 Å². The summed E-state index contributed by atoms with van der Waals surface area (Å²) in [6.07, 6.45) is 1.12. The van der Waals surface area contributed by atoms with E-state index in [1.54, 1.807) is 0 Å². The normalized spacial score (nSPS) is 28.8. The maximum absolute atomic E-state index is 12.3. The summed E-state index contributed by atoms with van der Waals surface area (Å²) in [5.74, 6) is 1.43. The van der Waals surface area contributed by atoms with Gasteiger partial charge in [0.15, 0.2) is 0 Å². The summed E-state index contributed by atoms with van der Waals surface area (Å²) in [4.78, 5) is 14.8. The Morgan fingerprint density at radius 3 is 2.62 bits per heavy atom. The Hall–Kier alpha value is -0.650. The average molecular weight is 297 g/mol. The minimum absolute atomic E-state index is 0.134. The van der Waals surface area contributed by atoms with E-state index in [2.05, 4.69) is 36.3 Å². The van der Waals surface area contributed by atoms with Gasteiger partial charge in [-0.1, -0.05) is 20.8 Å². The summed E-state index contributed by atoms with van der Waals surface area (Å²) in [7, 11) is 0. The molecule has 1 unspecified atom stereocenters. The van der Waals surface area contributed by atoms with Crippen molar-refractivity contribution in [3.63, 3.8) is 0 Å². The highest BCUT2D eigenvalue weighted by molar-refractivity contribution is 5.79. The molecule has 0 aliphatic carbocycles. The van der Waals surface area contributed by atoms with Gasteiger partial charge in [-0.15, -0.1) is 0 Å². The molecule has 0 aromatic rings. The standard InChI is InChI=1S/C16H31N3O2/c1-12(2)8-14(19-4-6-21-7-5-19)10-18-16(20)15-11-17-9-13(15)3/h12-15,17H,4-11H2,1-3H3,(H,18,20)/t13-,14?,15-/m1/s1. The fourth-order valence-corrected chi connectivity index (χ4v) is 3.36. The van der Waals surface area contributed by atoms with Crippen molar-refractivity contribution < 1.29 is 9.53 Å². The molecule has 3 atom stereocenters. The molecule has 122 valence electrons. The molecule has 5 nitrogen and oxygen atoms in total. The predicted molar refractivity (Wildman–Crippen MR) is 84.2 cm³/mol. The van der Waals surface area contributed by atoms with Crippen molar-refractivity contribution in [1.82, 2.24) is 15.5 Å². The molecule has 21 heavy (non-hydrogen) atoms. The van der Waals surface area contributed by atoms with Crippen LogP contribution in [0.1, 0.15) is 27.2 Å². The fraction of sp³-hybridized carbons (Fsp3) is 0.938. The summed E-state index contributed by atoms with van der Waals surface area (Å²) in [6, 6.07) is 0.433. The summed E-state index contributed by atoms with van der Waals surface area (Å²) in [6.45, 7) is 12.8. The molecule has 0 saturated carbocycles. The SMILES string of the molecule is CC(C)CC(CNC(=O)[C@@H]1CNC[C@H]1C)N1CCOCC1. The predicted octanol–water partition coefficient (Wildman–Crippen LogP) is 0.705. The Balaban J connectivity index is 1.84. The van der Waals surface area contributed by atoms with E-state index >= 15 is 0 Å². The lowest BCUT2D eigenvalue weighted by Gasteiger charge is -2.35. The number of hydrogen-bond donors (Lipinski definition) is 2. The molecule has 5 heteroatoms. The summed E-state index contributed by atoms with van der Waals surface area (Å²) in [5, 5.41) is 6.49. The quantitative estimate of drug-likeness (QED) is 0.758. The van der Waals surface area contributed by atoms with Crippen LogP contribution in [0.3, 0.4) is 0 Å².